The van der Waals surface area contributed by atoms with Gasteiger partial charge in [0.25, 0.3) is 0 Å². The Morgan fingerprint density at radius 1 is 0.974 bits per heavy atom. The second-order valence-electron chi connectivity index (χ2n) is 16.2. The van der Waals surface area contributed by atoms with Crippen molar-refractivity contribution in [1.29, 1.82) is 5.26 Å². The van der Waals surface area contributed by atoms with E-state index in [0.717, 1.165) is 57.1 Å². The summed E-state index contributed by atoms with van der Waals surface area (Å²) in [6.45, 7) is 19.7. The Morgan fingerprint density at radius 3 is 2.28 bits per heavy atom. The van der Waals surface area contributed by atoms with E-state index < -0.39 is 10.8 Å². The van der Waals surface area contributed by atoms with E-state index >= 15 is 0 Å². The van der Waals surface area contributed by atoms with Crippen molar-refractivity contribution in [3.8, 4) is 6.07 Å². The molecule has 0 amide bonds. The zero-order valence-corrected chi connectivity index (χ0v) is 25.6. The van der Waals surface area contributed by atoms with Crippen LogP contribution in [-0.2, 0) is 9.59 Å². The van der Waals surface area contributed by atoms with Gasteiger partial charge >= 0.3 is 0 Å². The summed E-state index contributed by atoms with van der Waals surface area (Å²) < 4.78 is 0. The third-order valence-electron chi connectivity index (χ3n) is 13.4. The van der Waals surface area contributed by atoms with Crippen LogP contribution in [0.3, 0.4) is 0 Å². The van der Waals surface area contributed by atoms with Crippen LogP contribution >= 0.6 is 0 Å². The van der Waals surface area contributed by atoms with E-state index in [0.29, 0.717) is 6.54 Å². The standard InChI is InChI=1S/C34H50N2O3/c1-28(2)11-13-34(21-36-15-16-37)14-12-32(7)26(33(34,8)20-28)23(38)17-25-30(5)18-22(19-35)27(39)29(3,4)24(30)9-10-31(25,32)6/h17-18,24,26,36-37H,9-16,20-21H2,1-8H3/t24?,26-,30-,31+,32+,33-,34+/m0/s1. The maximum atomic E-state index is 14.7. The van der Waals surface area contributed by atoms with Crippen LogP contribution in [0.1, 0.15) is 100 Å². The van der Waals surface area contributed by atoms with Crippen LogP contribution in [0.15, 0.2) is 23.3 Å². The van der Waals surface area contributed by atoms with Gasteiger partial charge in [0, 0.05) is 29.8 Å². The maximum absolute atomic E-state index is 14.7. The Kier molecular flexibility index (Phi) is 6.35. The van der Waals surface area contributed by atoms with Crippen molar-refractivity contribution in [3.63, 3.8) is 0 Å². The van der Waals surface area contributed by atoms with Gasteiger partial charge in [-0.15, -0.1) is 0 Å². The van der Waals surface area contributed by atoms with Gasteiger partial charge in [0.1, 0.15) is 6.07 Å². The third kappa shape index (κ3) is 3.56. The number of carbonyl (C=O) groups excluding carboxylic acids is 2. The molecule has 5 rings (SSSR count). The molecule has 5 heteroatoms. The number of aliphatic hydroxyl groups excluding tert-OH is 1. The molecule has 0 aromatic rings. The lowest BCUT2D eigenvalue weighted by Crippen LogP contribution is -2.69. The molecule has 5 aliphatic carbocycles. The maximum Gasteiger partial charge on any atom is 0.178 e. The van der Waals surface area contributed by atoms with E-state index in [9.17, 15) is 20.0 Å². The van der Waals surface area contributed by atoms with Gasteiger partial charge in [-0.3, -0.25) is 9.59 Å². The zero-order valence-electron chi connectivity index (χ0n) is 25.6. The van der Waals surface area contributed by atoms with Crippen molar-refractivity contribution in [2.45, 2.75) is 100 Å². The lowest BCUT2D eigenvalue weighted by Gasteiger charge is -2.72. The molecule has 3 fully saturated rings. The molecule has 0 heterocycles. The third-order valence-corrected chi connectivity index (χ3v) is 13.4. The monoisotopic (exact) mass is 534 g/mol. The van der Waals surface area contributed by atoms with Gasteiger partial charge in [-0.05, 0) is 84.0 Å². The fraction of sp³-hybridized carbons (Fsp3) is 0.794. The summed E-state index contributed by atoms with van der Waals surface area (Å²) in [6, 6.07) is 2.21. The van der Waals surface area contributed by atoms with Crippen LogP contribution < -0.4 is 5.32 Å². The van der Waals surface area contributed by atoms with Crippen molar-refractivity contribution in [1.82, 2.24) is 5.32 Å². The number of allylic oxidation sites excluding steroid dienone is 4. The van der Waals surface area contributed by atoms with Gasteiger partial charge in [0.15, 0.2) is 11.6 Å². The molecule has 5 aliphatic rings. The highest BCUT2D eigenvalue weighted by Crippen LogP contribution is 2.77. The van der Waals surface area contributed by atoms with E-state index in [1.807, 2.05) is 26.0 Å². The van der Waals surface area contributed by atoms with Gasteiger partial charge in [-0.25, -0.2) is 0 Å². The number of rotatable bonds is 4. The first kappa shape index (κ1) is 28.7. The normalized spacial score (nSPS) is 46.1. The largest absolute Gasteiger partial charge is 0.395 e. The topological polar surface area (TPSA) is 90.2 Å². The summed E-state index contributed by atoms with van der Waals surface area (Å²) in [5.41, 5.74) is -0.111. The molecule has 7 atom stereocenters. The van der Waals surface area contributed by atoms with Crippen molar-refractivity contribution < 1.29 is 14.7 Å². The van der Waals surface area contributed by atoms with Gasteiger partial charge < -0.3 is 10.4 Å². The summed E-state index contributed by atoms with van der Waals surface area (Å²) >= 11 is 0. The second kappa shape index (κ2) is 8.62. The minimum absolute atomic E-state index is 0.0213. The Hall–Kier alpha value is -1.77. The lowest BCUT2D eigenvalue weighted by molar-refractivity contribution is -0.205. The molecule has 0 bridgehead atoms. The van der Waals surface area contributed by atoms with E-state index in [4.69, 9.17) is 0 Å². The molecular formula is C34H50N2O3. The van der Waals surface area contributed by atoms with Crippen LogP contribution in [0.5, 0.6) is 0 Å². The summed E-state index contributed by atoms with van der Waals surface area (Å²) in [5.74, 6) is 0.176. The molecule has 39 heavy (non-hydrogen) atoms. The predicted octanol–water partition coefficient (Wildman–Crippen LogP) is 6.18. The highest BCUT2D eigenvalue weighted by Gasteiger charge is 2.72. The zero-order chi connectivity index (χ0) is 28.9. The minimum Gasteiger partial charge on any atom is -0.395 e. The SMILES string of the molecule is CC1(C)CC[C@]2(CNCCO)CC[C@]3(C)[C@H](C(=O)C=C4[C@@]5(C)C=C(C#N)C(=O)C(C)(C)C5CC[C@]43C)[C@]2(C)C1. The highest BCUT2D eigenvalue weighted by molar-refractivity contribution is 6.04. The smallest absolute Gasteiger partial charge is 0.178 e. The number of aliphatic hydroxyl groups is 1. The lowest BCUT2D eigenvalue weighted by atomic mass is 9.31. The number of nitrogens with one attached hydrogen (secondary N) is 1. The molecule has 0 saturated heterocycles. The molecule has 0 spiro atoms. The van der Waals surface area contributed by atoms with E-state index in [2.05, 4.69) is 52.9 Å². The number of Topliss-reactive ketones (excluding diaryl/α,β-unsaturated/α-hetero) is 1. The van der Waals surface area contributed by atoms with Crippen LogP contribution in [0.4, 0.5) is 0 Å². The Morgan fingerprint density at radius 2 is 1.64 bits per heavy atom. The summed E-state index contributed by atoms with van der Waals surface area (Å²) in [6.07, 6.45) is 11.2. The average Bonchev–Trinajstić information content (AvgIpc) is 2.83. The average molecular weight is 535 g/mol. The molecule has 3 saturated carbocycles. The number of nitriles is 1. The van der Waals surface area contributed by atoms with Crippen molar-refractivity contribution in [3.05, 3.63) is 23.3 Å². The Balaban J connectivity index is 1.69. The van der Waals surface area contributed by atoms with Crippen molar-refractivity contribution in [2.24, 2.45) is 49.7 Å². The summed E-state index contributed by atoms with van der Waals surface area (Å²) in [4.78, 5) is 28.0. The number of fused-ring (bicyclic) bond motifs is 7. The van der Waals surface area contributed by atoms with Gasteiger partial charge in [0.2, 0.25) is 0 Å². The summed E-state index contributed by atoms with van der Waals surface area (Å²) in [5, 5.41) is 23.0. The van der Waals surface area contributed by atoms with Gasteiger partial charge in [-0.2, -0.15) is 5.26 Å². The molecular weight excluding hydrogens is 484 g/mol. The first-order valence-electron chi connectivity index (χ1n) is 15.2. The molecule has 5 nitrogen and oxygen atoms in total. The minimum atomic E-state index is -0.642. The number of nitrogens with zero attached hydrogens (tertiary/aromatic N) is 1. The quantitative estimate of drug-likeness (QED) is 0.421. The Labute approximate surface area is 235 Å². The number of hydrogen-bond acceptors (Lipinski definition) is 5. The van der Waals surface area contributed by atoms with Gasteiger partial charge in [-0.1, -0.05) is 67.0 Å². The number of ketones is 2. The van der Waals surface area contributed by atoms with Crippen molar-refractivity contribution in [2.75, 3.05) is 19.7 Å². The fourth-order valence-corrected chi connectivity index (χ4v) is 11.3. The molecule has 1 unspecified atom stereocenters. The van der Waals surface area contributed by atoms with Crippen LogP contribution in [-0.4, -0.2) is 36.4 Å². The number of carbonyl (C=O) groups is 2. The highest BCUT2D eigenvalue weighted by atomic mass is 16.3. The predicted molar refractivity (Wildman–Crippen MR) is 153 cm³/mol. The summed E-state index contributed by atoms with van der Waals surface area (Å²) in [7, 11) is 0. The van der Waals surface area contributed by atoms with E-state index in [1.54, 1.807) is 0 Å². The molecule has 2 N–H and O–H groups in total. The molecule has 214 valence electrons. The van der Waals surface area contributed by atoms with Crippen LogP contribution in [0.25, 0.3) is 0 Å². The van der Waals surface area contributed by atoms with Gasteiger partial charge in [0.05, 0.1) is 12.2 Å². The van der Waals surface area contributed by atoms with Crippen molar-refractivity contribution >= 4 is 11.6 Å². The Bertz CT molecular complexity index is 1210. The first-order valence-corrected chi connectivity index (χ1v) is 15.2. The number of hydrogen-bond donors (Lipinski definition) is 2. The molecule has 0 aromatic heterocycles. The first-order chi connectivity index (χ1) is 18.0. The van der Waals surface area contributed by atoms with E-state index in [1.165, 1.54) is 0 Å². The molecule has 0 aromatic carbocycles. The fourth-order valence-electron chi connectivity index (χ4n) is 11.3. The second-order valence-corrected chi connectivity index (χ2v) is 16.2. The molecule has 0 aliphatic heterocycles. The van der Waals surface area contributed by atoms with E-state index in [-0.39, 0.29) is 62.7 Å². The van der Waals surface area contributed by atoms with Crippen LogP contribution in [0.2, 0.25) is 0 Å². The molecule has 0 radical (unpaired) electrons. The van der Waals surface area contributed by atoms with Crippen LogP contribution in [0, 0.1) is 61.1 Å².